The monoisotopic (exact) mass is 325 g/mol. The Bertz CT molecular complexity index is 649. The third kappa shape index (κ3) is 1.54. The molecule has 0 aromatic heterocycles. The Morgan fingerprint density at radius 1 is 0.933 bits per heavy atom. The molecule has 1 unspecified atom stereocenters. The standard InChI is InChI=1S/C12H8INS/c13-15-11-7-3-1-5-9(11)14-10-6-2-4-8-12(10)15/h1-8H. The number of rotatable bonds is 0. The smallest absolute Gasteiger partial charge is 0.0776 e. The minimum Gasteiger partial charge on any atom is -0.247 e. The van der Waals surface area contributed by atoms with E-state index in [0.29, 0.717) is 0 Å². The van der Waals surface area contributed by atoms with E-state index in [0.717, 1.165) is 11.0 Å². The molecule has 1 nitrogen and oxygen atoms in total. The molecule has 1 aliphatic rings. The quantitative estimate of drug-likeness (QED) is 0.515. The SMILES string of the molecule is IS1=c2ccccc2=Nc2ccccc21. The first-order valence-corrected chi connectivity index (χ1v) is 8.43. The molecule has 1 aliphatic heterocycles. The molecule has 3 heteroatoms. The van der Waals surface area contributed by atoms with E-state index in [9.17, 15) is 0 Å². The predicted octanol–water partition coefficient (Wildman–Crippen LogP) is 3.88. The summed E-state index contributed by atoms with van der Waals surface area (Å²) in [7, 11) is 0.136. The Balaban J connectivity index is 2.50. The average molecular weight is 325 g/mol. The van der Waals surface area contributed by atoms with Crippen LogP contribution < -0.4 is 5.36 Å². The van der Waals surface area contributed by atoms with Crippen LogP contribution in [-0.2, 0) is 0 Å². The lowest BCUT2D eigenvalue weighted by Gasteiger charge is -2.10. The minimum absolute atomic E-state index is 0.136. The summed E-state index contributed by atoms with van der Waals surface area (Å²) in [6.45, 7) is 0. The minimum atomic E-state index is 0.136. The highest BCUT2D eigenvalue weighted by atomic mass is 127. The van der Waals surface area contributed by atoms with Gasteiger partial charge < -0.3 is 0 Å². The first kappa shape index (κ1) is 9.54. The van der Waals surface area contributed by atoms with E-state index < -0.39 is 0 Å². The summed E-state index contributed by atoms with van der Waals surface area (Å²) in [5.74, 6) is 0. The molecule has 1 heterocycles. The van der Waals surface area contributed by atoms with E-state index in [4.69, 9.17) is 0 Å². The second-order valence-electron chi connectivity index (χ2n) is 3.30. The van der Waals surface area contributed by atoms with Crippen LogP contribution in [0.25, 0.3) is 0 Å². The van der Waals surface area contributed by atoms with Gasteiger partial charge in [-0.2, -0.15) is 0 Å². The molecule has 15 heavy (non-hydrogen) atoms. The van der Waals surface area contributed by atoms with E-state index in [2.05, 4.69) is 62.6 Å². The molecule has 74 valence electrons. The van der Waals surface area contributed by atoms with Gasteiger partial charge in [-0.15, -0.1) is 0 Å². The van der Waals surface area contributed by atoms with Crippen LogP contribution in [0.1, 0.15) is 0 Å². The van der Waals surface area contributed by atoms with Gasteiger partial charge in [0.05, 0.1) is 11.0 Å². The summed E-state index contributed by atoms with van der Waals surface area (Å²) in [5, 5.41) is 1.12. The molecule has 0 fully saturated rings. The lowest BCUT2D eigenvalue weighted by molar-refractivity contribution is 1.25. The Morgan fingerprint density at radius 3 is 2.60 bits per heavy atom. The second-order valence-corrected chi connectivity index (χ2v) is 7.34. The third-order valence-corrected chi connectivity index (χ3v) is 6.67. The van der Waals surface area contributed by atoms with Crippen LogP contribution in [0.2, 0.25) is 0 Å². The molecule has 2 aromatic carbocycles. The zero-order valence-electron chi connectivity index (χ0n) is 7.85. The van der Waals surface area contributed by atoms with Gasteiger partial charge in [-0.3, -0.25) is 0 Å². The van der Waals surface area contributed by atoms with Crippen LogP contribution >= 0.6 is 28.9 Å². The highest BCUT2D eigenvalue weighted by Gasteiger charge is 2.08. The van der Waals surface area contributed by atoms with Crippen LogP contribution in [0.15, 0.2) is 58.4 Å². The summed E-state index contributed by atoms with van der Waals surface area (Å²) in [4.78, 5) is 6.01. The highest BCUT2D eigenvalue weighted by Crippen LogP contribution is 2.43. The molecule has 3 rings (SSSR count). The molecule has 0 radical (unpaired) electrons. The molecule has 0 bridgehead atoms. The van der Waals surface area contributed by atoms with E-state index in [1.807, 2.05) is 12.1 Å². The van der Waals surface area contributed by atoms with Crippen molar-refractivity contribution in [1.29, 1.82) is 0 Å². The number of hydrogen-bond donors (Lipinski definition) is 0. The van der Waals surface area contributed by atoms with Gasteiger partial charge in [0, 0.05) is 9.41 Å². The molecular weight excluding hydrogens is 317 g/mol. The van der Waals surface area contributed by atoms with Crippen LogP contribution in [0.4, 0.5) is 5.69 Å². The number of halogens is 1. The van der Waals surface area contributed by atoms with E-state index in [-0.39, 0.29) is 7.66 Å². The third-order valence-electron chi connectivity index (χ3n) is 2.36. The van der Waals surface area contributed by atoms with Crippen molar-refractivity contribution in [2.75, 3.05) is 0 Å². The predicted molar refractivity (Wildman–Crippen MR) is 72.4 cm³/mol. The summed E-state index contributed by atoms with van der Waals surface area (Å²) in [6.07, 6.45) is 0. The first-order valence-electron chi connectivity index (χ1n) is 4.66. The van der Waals surface area contributed by atoms with Crippen LogP contribution in [0.5, 0.6) is 0 Å². The number of fused-ring (bicyclic) bond motifs is 2. The maximum absolute atomic E-state index is 4.66. The fraction of sp³-hybridized carbons (Fsp3) is 0. The lowest BCUT2D eigenvalue weighted by Crippen LogP contribution is -2.04. The molecule has 0 N–H and O–H groups in total. The van der Waals surface area contributed by atoms with Crippen LogP contribution in [0.3, 0.4) is 0 Å². The fourth-order valence-corrected chi connectivity index (χ4v) is 5.11. The van der Waals surface area contributed by atoms with Crippen molar-refractivity contribution >= 4 is 34.5 Å². The van der Waals surface area contributed by atoms with Crippen molar-refractivity contribution in [2.45, 2.75) is 4.90 Å². The van der Waals surface area contributed by atoms with Gasteiger partial charge in [0.25, 0.3) is 0 Å². The Hall–Kier alpha value is -0.680. The number of para-hydroxylation sites is 2. The summed E-state index contributed by atoms with van der Waals surface area (Å²) in [6, 6.07) is 16.8. The molecule has 0 saturated heterocycles. The topological polar surface area (TPSA) is 12.4 Å². The molecule has 0 amide bonds. The molecule has 0 saturated carbocycles. The van der Waals surface area contributed by atoms with Gasteiger partial charge >= 0.3 is 0 Å². The van der Waals surface area contributed by atoms with Gasteiger partial charge in [0.15, 0.2) is 0 Å². The molecule has 0 aliphatic carbocycles. The van der Waals surface area contributed by atoms with Gasteiger partial charge in [0.1, 0.15) is 0 Å². The van der Waals surface area contributed by atoms with Gasteiger partial charge in [-0.25, -0.2) is 4.99 Å². The van der Waals surface area contributed by atoms with Crippen molar-refractivity contribution < 1.29 is 0 Å². The number of benzene rings is 2. The van der Waals surface area contributed by atoms with E-state index in [1.165, 1.54) is 9.41 Å². The van der Waals surface area contributed by atoms with Crippen molar-refractivity contribution in [2.24, 2.45) is 4.99 Å². The van der Waals surface area contributed by atoms with Crippen molar-refractivity contribution in [3.63, 3.8) is 0 Å². The maximum Gasteiger partial charge on any atom is 0.0776 e. The Kier molecular flexibility index (Phi) is 2.36. The Labute approximate surface area is 102 Å². The zero-order valence-corrected chi connectivity index (χ0v) is 10.8. The van der Waals surface area contributed by atoms with Crippen molar-refractivity contribution in [1.82, 2.24) is 0 Å². The van der Waals surface area contributed by atoms with Gasteiger partial charge in [-0.05, 0) is 45.5 Å². The van der Waals surface area contributed by atoms with E-state index in [1.54, 1.807) is 0 Å². The largest absolute Gasteiger partial charge is 0.247 e. The summed E-state index contributed by atoms with van der Waals surface area (Å²) in [5.41, 5.74) is 1.12. The maximum atomic E-state index is 4.66. The number of nitrogens with zero attached hydrogens (tertiary/aromatic N) is 1. The molecule has 1 atom stereocenters. The molecule has 2 aromatic rings. The van der Waals surface area contributed by atoms with Crippen molar-refractivity contribution in [3.05, 3.63) is 58.4 Å². The van der Waals surface area contributed by atoms with E-state index >= 15 is 0 Å². The highest BCUT2D eigenvalue weighted by molar-refractivity contribution is 14.2. The molecular formula is C12H8INS. The normalized spacial score (nSPS) is 17.5. The Morgan fingerprint density at radius 2 is 1.67 bits per heavy atom. The second kappa shape index (κ2) is 3.72. The average Bonchev–Trinajstić information content (AvgIpc) is 2.30. The summed E-state index contributed by atoms with van der Waals surface area (Å²) < 4.78 is 1.34. The number of hydrogen-bond acceptors (Lipinski definition) is 1. The van der Waals surface area contributed by atoms with Crippen molar-refractivity contribution in [3.8, 4) is 0 Å². The van der Waals surface area contributed by atoms with Gasteiger partial charge in [-0.1, -0.05) is 31.9 Å². The fourth-order valence-electron chi connectivity index (χ4n) is 1.65. The van der Waals surface area contributed by atoms with Gasteiger partial charge in [0.2, 0.25) is 0 Å². The lowest BCUT2D eigenvalue weighted by atomic mass is 10.3. The zero-order chi connectivity index (χ0) is 10.3. The van der Waals surface area contributed by atoms with Crippen LogP contribution in [-0.4, -0.2) is 0 Å². The summed E-state index contributed by atoms with van der Waals surface area (Å²) >= 11 is 2.51. The molecule has 0 spiro atoms. The first-order chi connectivity index (χ1) is 7.36. The van der Waals surface area contributed by atoms with Crippen LogP contribution in [0, 0.1) is 4.51 Å².